The van der Waals surface area contributed by atoms with E-state index in [0.717, 1.165) is 77.0 Å². The lowest BCUT2D eigenvalue weighted by Crippen LogP contribution is -2.46. The summed E-state index contributed by atoms with van der Waals surface area (Å²) in [6, 6.07) is -0.707. The summed E-state index contributed by atoms with van der Waals surface area (Å²) < 4.78 is 5.96. The quantitative estimate of drug-likeness (QED) is 0.0321. The van der Waals surface area contributed by atoms with Gasteiger partial charge in [-0.3, -0.25) is 9.59 Å². The van der Waals surface area contributed by atoms with Gasteiger partial charge in [-0.05, 0) is 64.2 Å². The number of nitrogens with one attached hydrogen (secondary N) is 1. The molecular weight excluding hydrogens is 827 g/mol. The van der Waals surface area contributed by atoms with E-state index in [9.17, 15) is 19.8 Å². The van der Waals surface area contributed by atoms with Crippen molar-refractivity contribution in [3.63, 3.8) is 0 Å². The summed E-state index contributed by atoms with van der Waals surface area (Å²) in [6.07, 6.45) is 66.4. The Labute approximate surface area is 417 Å². The number of hydrogen-bond donors (Lipinski definition) is 3. The van der Waals surface area contributed by atoms with Crippen molar-refractivity contribution in [1.82, 2.24) is 5.32 Å². The van der Waals surface area contributed by atoms with E-state index < -0.39 is 18.2 Å². The van der Waals surface area contributed by atoms with Gasteiger partial charge in [0.1, 0.15) is 6.10 Å². The lowest BCUT2D eigenvalue weighted by molar-refractivity contribution is -0.151. The molecule has 3 atom stereocenters. The van der Waals surface area contributed by atoms with Gasteiger partial charge in [-0.2, -0.15) is 0 Å². The standard InChI is InChI=1S/C61H115NO5/c1-4-7-10-13-16-19-22-25-28-30-32-34-37-40-43-46-49-52-57(67-61(66)54-51-48-45-42-39-36-31-27-24-21-18-15-12-9-6-3)55-60(65)62-58(56-63)59(64)53-50-47-44-41-38-35-33-29-26-23-20-17-14-11-8-5-2/h16,19,25,28,32,34,57-59,63-64H,4-15,17-18,20-24,26-27,29-31,33,35-56H2,1-3H3,(H,62,65)/b19-16-,28-25-,34-32-. The third-order valence-electron chi connectivity index (χ3n) is 13.7. The molecule has 394 valence electrons. The van der Waals surface area contributed by atoms with E-state index in [-0.39, 0.29) is 24.9 Å². The molecule has 0 aliphatic carbocycles. The fourth-order valence-corrected chi connectivity index (χ4v) is 9.20. The Bertz CT molecular complexity index is 1100. The molecule has 0 saturated carbocycles. The highest BCUT2D eigenvalue weighted by molar-refractivity contribution is 5.77. The smallest absolute Gasteiger partial charge is 0.306 e. The third-order valence-corrected chi connectivity index (χ3v) is 13.7. The molecule has 3 unspecified atom stereocenters. The Morgan fingerprint density at radius 3 is 1.18 bits per heavy atom. The second-order valence-corrected chi connectivity index (χ2v) is 20.4. The molecule has 0 saturated heterocycles. The van der Waals surface area contributed by atoms with E-state index in [0.29, 0.717) is 19.3 Å². The van der Waals surface area contributed by atoms with E-state index >= 15 is 0 Å². The molecule has 0 heterocycles. The molecular formula is C61H115NO5. The summed E-state index contributed by atoms with van der Waals surface area (Å²) in [4.78, 5) is 26.3. The summed E-state index contributed by atoms with van der Waals surface area (Å²) in [5, 5.41) is 23.9. The van der Waals surface area contributed by atoms with Crippen molar-refractivity contribution < 1.29 is 24.5 Å². The van der Waals surface area contributed by atoms with Gasteiger partial charge < -0.3 is 20.3 Å². The van der Waals surface area contributed by atoms with Gasteiger partial charge in [-0.15, -0.1) is 0 Å². The third kappa shape index (κ3) is 50.3. The Kier molecular flexibility index (Phi) is 53.4. The van der Waals surface area contributed by atoms with Gasteiger partial charge in [0.25, 0.3) is 0 Å². The topological polar surface area (TPSA) is 95.9 Å². The lowest BCUT2D eigenvalue weighted by atomic mass is 10.0. The summed E-state index contributed by atoms with van der Waals surface area (Å²) in [5.74, 6) is -0.478. The molecule has 3 N–H and O–H groups in total. The van der Waals surface area contributed by atoms with Crippen LogP contribution in [0, 0.1) is 0 Å². The van der Waals surface area contributed by atoms with Crippen molar-refractivity contribution in [2.75, 3.05) is 6.61 Å². The number of hydrogen-bond acceptors (Lipinski definition) is 5. The SMILES string of the molecule is CCCCC/C=C\C/C=C\C/C=C\CCCCCCC(CC(=O)NC(CO)C(O)CCCCCCCCCCCCCCCCCC)OC(=O)CCCCCCCCCCCCCCCCC. The van der Waals surface area contributed by atoms with E-state index in [1.807, 2.05) is 0 Å². The van der Waals surface area contributed by atoms with Gasteiger partial charge in [-0.25, -0.2) is 0 Å². The summed E-state index contributed by atoms with van der Waals surface area (Å²) in [6.45, 7) is 6.49. The number of carbonyl (C=O) groups excluding carboxylic acids is 2. The molecule has 1 amide bonds. The van der Waals surface area contributed by atoms with Crippen molar-refractivity contribution in [3.8, 4) is 0 Å². The fraction of sp³-hybridized carbons (Fsp3) is 0.869. The second-order valence-electron chi connectivity index (χ2n) is 20.4. The predicted octanol–water partition coefficient (Wildman–Crippen LogP) is 18.4. The number of aliphatic hydroxyl groups is 2. The lowest BCUT2D eigenvalue weighted by Gasteiger charge is -2.24. The molecule has 67 heavy (non-hydrogen) atoms. The van der Waals surface area contributed by atoms with Crippen molar-refractivity contribution in [3.05, 3.63) is 36.5 Å². The minimum Gasteiger partial charge on any atom is -0.462 e. The molecule has 0 aliphatic heterocycles. The highest BCUT2D eigenvalue weighted by atomic mass is 16.5. The largest absolute Gasteiger partial charge is 0.462 e. The molecule has 0 spiro atoms. The van der Waals surface area contributed by atoms with Crippen LogP contribution in [0.5, 0.6) is 0 Å². The van der Waals surface area contributed by atoms with Gasteiger partial charge in [0, 0.05) is 6.42 Å². The number of amides is 1. The first-order valence-corrected chi connectivity index (χ1v) is 29.7. The zero-order valence-corrected chi connectivity index (χ0v) is 45.0. The zero-order valence-electron chi connectivity index (χ0n) is 45.0. The molecule has 0 aromatic carbocycles. The molecule has 0 bridgehead atoms. The van der Waals surface area contributed by atoms with Crippen LogP contribution in [0.3, 0.4) is 0 Å². The van der Waals surface area contributed by atoms with Gasteiger partial charge in [0.2, 0.25) is 5.91 Å². The van der Waals surface area contributed by atoms with E-state index in [2.05, 4.69) is 62.5 Å². The molecule has 6 nitrogen and oxygen atoms in total. The first-order valence-electron chi connectivity index (χ1n) is 29.7. The minimum atomic E-state index is -0.793. The maximum absolute atomic E-state index is 13.3. The number of rotatable bonds is 54. The fourth-order valence-electron chi connectivity index (χ4n) is 9.20. The Hall–Kier alpha value is -1.92. The first kappa shape index (κ1) is 65.1. The highest BCUT2D eigenvalue weighted by Gasteiger charge is 2.24. The van der Waals surface area contributed by atoms with Crippen molar-refractivity contribution in [2.24, 2.45) is 0 Å². The first-order chi connectivity index (χ1) is 33.0. The van der Waals surface area contributed by atoms with Crippen LogP contribution in [-0.2, 0) is 14.3 Å². The van der Waals surface area contributed by atoms with E-state index in [1.54, 1.807) is 0 Å². The average Bonchev–Trinajstić information content (AvgIpc) is 3.32. The summed E-state index contributed by atoms with van der Waals surface area (Å²) in [7, 11) is 0. The number of allylic oxidation sites excluding steroid dienone is 6. The van der Waals surface area contributed by atoms with Crippen LogP contribution < -0.4 is 5.32 Å². The molecule has 6 heteroatoms. The summed E-state index contributed by atoms with van der Waals surface area (Å²) >= 11 is 0. The van der Waals surface area contributed by atoms with Crippen LogP contribution in [0.1, 0.15) is 316 Å². The van der Waals surface area contributed by atoms with Crippen LogP contribution in [0.2, 0.25) is 0 Å². The maximum Gasteiger partial charge on any atom is 0.306 e. The number of esters is 1. The Balaban J connectivity index is 4.57. The van der Waals surface area contributed by atoms with Gasteiger partial charge >= 0.3 is 5.97 Å². The number of unbranched alkanes of at least 4 members (excludes halogenated alkanes) is 36. The van der Waals surface area contributed by atoms with Crippen LogP contribution in [0.4, 0.5) is 0 Å². The maximum atomic E-state index is 13.3. The Morgan fingerprint density at radius 2 is 0.761 bits per heavy atom. The van der Waals surface area contributed by atoms with E-state index in [4.69, 9.17) is 4.74 Å². The van der Waals surface area contributed by atoms with Crippen LogP contribution in [0.15, 0.2) is 36.5 Å². The average molecular weight is 943 g/mol. The zero-order chi connectivity index (χ0) is 48.8. The van der Waals surface area contributed by atoms with Gasteiger partial charge in [-0.1, -0.05) is 276 Å². The number of aliphatic hydroxyl groups excluding tert-OH is 2. The van der Waals surface area contributed by atoms with Gasteiger partial charge in [0.05, 0.1) is 25.2 Å². The van der Waals surface area contributed by atoms with Crippen molar-refractivity contribution in [1.29, 1.82) is 0 Å². The van der Waals surface area contributed by atoms with Crippen molar-refractivity contribution >= 4 is 11.9 Å². The van der Waals surface area contributed by atoms with Crippen molar-refractivity contribution in [2.45, 2.75) is 334 Å². The predicted molar refractivity (Wildman–Crippen MR) is 292 cm³/mol. The molecule has 0 fully saturated rings. The minimum absolute atomic E-state index is 0.0672. The monoisotopic (exact) mass is 942 g/mol. The number of ether oxygens (including phenoxy) is 1. The molecule has 0 aromatic rings. The summed E-state index contributed by atoms with van der Waals surface area (Å²) in [5.41, 5.74) is 0. The molecule has 0 radical (unpaired) electrons. The second kappa shape index (κ2) is 55.0. The highest BCUT2D eigenvalue weighted by Crippen LogP contribution is 2.19. The number of carbonyl (C=O) groups is 2. The Morgan fingerprint density at radius 1 is 0.433 bits per heavy atom. The van der Waals surface area contributed by atoms with Gasteiger partial charge in [0.15, 0.2) is 0 Å². The van der Waals surface area contributed by atoms with Crippen LogP contribution >= 0.6 is 0 Å². The van der Waals surface area contributed by atoms with E-state index in [1.165, 1.54) is 193 Å². The van der Waals surface area contributed by atoms with Crippen LogP contribution in [-0.4, -0.2) is 46.9 Å². The normalized spacial score (nSPS) is 13.3. The molecule has 0 rings (SSSR count). The van der Waals surface area contributed by atoms with Crippen LogP contribution in [0.25, 0.3) is 0 Å². The molecule has 0 aromatic heterocycles. The molecule has 0 aliphatic rings.